The van der Waals surface area contributed by atoms with E-state index >= 15 is 0 Å². The number of carbonyl (C=O) groups is 1. The Labute approximate surface area is 181 Å². The first-order valence-electron chi connectivity index (χ1n) is 10.8. The summed E-state index contributed by atoms with van der Waals surface area (Å²) in [6, 6.07) is 13.0. The van der Waals surface area contributed by atoms with Gasteiger partial charge in [-0.3, -0.25) is 14.5 Å². The lowest BCUT2D eigenvalue weighted by molar-refractivity contribution is 0.0314. The first-order chi connectivity index (χ1) is 15.0. The van der Waals surface area contributed by atoms with Crippen molar-refractivity contribution in [1.82, 2.24) is 9.80 Å². The molecular formula is C25H26N2O4. The molecule has 3 aromatic rings. The molecule has 1 saturated heterocycles. The molecule has 0 unspecified atom stereocenters. The minimum atomic E-state index is -0.438. The molecule has 0 radical (unpaired) electrons. The number of benzene rings is 2. The van der Waals surface area contributed by atoms with Gasteiger partial charge in [-0.1, -0.05) is 30.3 Å². The third-order valence-electron chi connectivity index (χ3n) is 6.46. The highest BCUT2D eigenvalue weighted by Gasteiger charge is 2.42. The van der Waals surface area contributed by atoms with Crippen LogP contribution in [0.2, 0.25) is 0 Å². The molecule has 0 saturated carbocycles. The van der Waals surface area contributed by atoms with Crippen molar-refractivity contribution in [3.8, 4) is 0 Å². The minimum absolute atomic E-state index is 0.115. The van der Waals surface area contributed by atoms with Gasteiger partial charge in [0.2, 0.25) is 5.76 Å². The fourth-order valence-corrected chi connectivity index (χ4v) is 4.56. The zero-order chi connectivity index (χ0) is 21.5. The number of morpholine rings is 1. The number of hydrogen-bond donors (Lipinski definition) is 0. The zero-order valence-electron chi connectivity index (χ0n) is 17.9. The molecule has 0 bridgehead atoms. The van der Waals surface area contributed by atoms with Crippen molar-refractivity contribution >= 4 is 16.9 Å². The van der Waals surface area contributed by atoms with E-state index in [1.165, 1.54) is 0 Å². The quantitative estimate of drug-likeness (QED) is 0.651. The monoisotopic (exact) mass is 418 g/mol. The zero-order valence-corrected chi connectivity index (χ0v) is 17.9. The first-order valence-corrected chi connectivity index (χ1v) is 10.8. The van der Waals surface area contributed by atoms with Crippen LogP contribution in [0.1, 0.15) is 38.9 Å². The lowest BCUT2D eigenvalue weighted by Crippen LogP contribution is -2.42. The van der Waals surface area contributed by atoms with E-state index in [0.717, 1.165) is 36.3 Å². The van der Waals surface area contributed by atoms with Gasteiger partial charge >= 0.3 is 0 Å². The van der Waals surface area contributed by atoms with Gasteiger partial charge in [-0.15, -0.1) is 0 Å². The number of hydrogen-bond acceptors (Lipinski definition) is 5. The third kappa shape index (κ3) is 3.46. The van der Waals surface area contributed by atoms with Gasteiger partial charge < -0.3 is 14.1 Å². The Morgan fingerprint density at radius 3 is 2.42 bits per heavy atom. The largest absolute Gasteiger partial charge is 0.450 e. The Morgan fingerprint density at radius 1 is 0.968 bits per heavy atom. The number of aryl methyl sites for hydroxylation is 2. The molecule has 3 heterocycles. The summed E-state index contributed by atoms with van der Waals surface area (Å²) < 4.78 is 11.5. The van der Waals surface area contributed by atoms with Crippen molar-refractivity contribution < 1.29 is 13.9 Å². The van der Waals surface area contributed by atoms with Gasteiger partial charge in [0.15, 0.2) is 5.43 Å². The summed E-state index contributed by atoms with van der Waals surface area (Å²) in [6.07, 6.45) is 0. The van der Waals surface area contributed by atoms with Crippen LogP contribution in [0.4, 0.5) is 0 Å². The second-order valence-electron chi connectivity index (χ2n) is 8.37. The highest BCUT2D eigenvalue weighted by Crippen LogP contribution is 2.38. The van der Waals surface area contributed by atoms with Gasteiger partial charge in [-0.25, -0.2) is 0 Å². The average molecular weight is 418 g/mol. The number of fused-ring (bicyclic) bond motifs is 2. The van der Waals surface area contributed by atoms with Gasteiger partial charge in [0, 0.05) is 26.2 Å². The van der Waals surface area contributed by atoms with E-state index < -0.39 is 6.04 Å². The van der Waals surface area contributed by atoms with E-state index in [1.807, 2.05) is 56.3 Å². The van der Waals surface area contributed by atoms with E-state index in [2.05, 4.69) is 4.90 Å². The van der Waals surface area contributed by atoms with E-state index in [9.17, 15) is 9.59 Å². The Hall–Kier alpha value is -2.96. The molecule has 0 spiro atoms. The second-order valence-corrected chi connectivity index (χ2v) is 8.37. The summed E-state index contributed by atoms with van der Waals surface area (Å²) in [4.78, 5) is 31.1. The van der Waals surface area contributed by atoms with Crippen LogP contribution >= 0.6 is 0 Å². The van der Waals surface area contributed by atoms with E-state index in [4.69, 9.17) is 9.15 Å². The minimum Gasteiger partial charge on any atom is -0.450 e. The lowest BCUT2D eigenvalue weighted by Gasteiger charge is -2.31. The van der Waals surface area contributed by atoms with Crippen LogP contribution in [0.25, 0.3) is 11.0 Å². The molecule has 6 heteroatoms. The Morgan fingerprint density at radius 2 is 1.68 bits per heavy atom. The summed E-state index contributed by atoms with van der Waals surface area (Å²) in [5.41, 5.74) is 3.80. The number of amides is 1. The van der Waals surface area contributed by atoms with E-state index in [1.54, 1.807) is 4.90 Å². The van der Waals surface area contributed by atoms with Crippen molar-refractivity contribution in [3.05, 3.63) is 80.7 Å². The molecular weight excluding hydrogens is 392 g/mol. The summed E-state index contributed by atoms with van der Waals surface area (Å²) >= 11 is 0. The molecule has 31 heavy (non-hydrogen) atoms. The van der Waals surface area contributed by atoms with Gasteiger partial charge in [0.1, 0.15) is 5.58 Å². The van der Waals surface area contributed by atoms with Gasteiger partial charge in [0.05, 0.1) is 30.2 Å². The topological polar surface area (TPSA) is 63.0 Å². The molecule has 1 fully saturated rings. The maximum Gasteiger partial charge on any atom is 0.290 e. The fourth-order valence-electron chi connectivity index (χ4n) is 4.56. The van der Waals surface area contributed by atoms with Crippen LogP contribution in [0, 0.1) is 13.8 Å². The summed E-state index contributed by atoms with van der Waals surface area (Å²) in [7, 11) is 0. The average Bonchev–Trinajstić information content (AvgIpc) is 3.07. The summed E-state index contributed by atoms with van der Waals surface area (Å²) in [5, 5.41) is 0.533. The molecule has 5 rings (SSSR count). The fraction of sp³-hybridized carbons (Fsp3) is 0.360. The van der Waals surface area contributed by atoms with Gasteiger partial charge in [-0.05, 0) is 42.7 Å². The highest BCUT2D eigenvalue weighted by molar-refractivity contribution is 5.99. The number of rotatable bonds is 4. The molecule has 6 nitrogen and oxygen atoms in total. The predicted molar refractivity (Wildman–Crippen MR) is 119 cm³/mol. The predicted octanol–water partition coefficient (Wildman–Crippen LogP) is 3.29. The molecule has 2 aliphatic rings. The van der Waals surface area contributed by atoms with E-state index in [0.29, 0.717) is 36.3 Å². The molecule has 1 amide bonds. The molecule has 0 N–H and O–H groups in total. The van der Waals surface area contributed by atoms with Crippen LogP contribution in [0.3, 0.4) is 0 Å². The summed E-state index contributed by atoms with van der Waals surface area (Å²) in [6.45, 7) is 8.34. The Bertz CT molecular complexity index is 1200. The molecule has 2 aliphatic heterocycles. The molecule has 0 aliphatic carbocycles. The van der Waals surface area contributed by atoms with Crippen LogP contribution in [0.15, 0.2) is 51.7 Å². The SMILES string of the molecule is Cc1cc2oc3c(c(=O)c2cc1C)[C@@H](c1ccccc1)N(CCN1CCOCC1)C3=O. The smallest absolute Gasteiger partial charge is 0.290 e. The van der Waals surface area contributed by atoms with Crippen LogP contribution in [-0.2, 0) is 4.74 Å². The first kappa shape index (κ1) is 20.0. The molecule has 1 aromatic heterocycles. The highest BCUT2D eigenvalue weighted by atomic mass is 16.5. The van der Waals surface area contributed by atoms with Crippen molar-refractivity contribution in [1.29, 1.82) is 0 Å². The van der Waals surface area contributed by atoms with Crippen LogP contribution in [-0.4, -0.2) is 55.1 Å². The third-order valence-corrected chi connectivity index (χ3v) is 6.46. The van der Waals surface area contributed by atoms with Crippen molar-refractivity contribution in [2.45, 2.75) is 19.9 Å². The van der Waals surface area contributed by atoms with E-state index in [-0.39, 0.29) is 17.1 Å². The molecule has 1 atom stereocenters. The van der Waals surface area contributed by atoms with Crippen molar-refractivity contribution in [3.63, 3.8) is 0 Å². The molecule has 160 valence electrons. The Balaban J connectivity index is 1.61. The van der Waals surface area contributed by atoms with Crippen molar-refractivity contribution in [2.75, 3.05) is 39.4 Å². The standard InChI is InChI=1S/C25H26N2O4/c1-16-14-19-20(15-17(16)2)31-24-21(23(19)28)22(18-6-4-3-5-7-18)27(25(24)29)9-8-26-10-12-30-13-11-26/h3-7,14-15,22H,8-13H2,1-2H3/t22-/m1/s1. The maximum atomic E-state index is 13.6. The van der Waals surface area contributed by atoms with Crippen LogP contribution < -0.4 is 5.43 Å². The lowest BCUT2D eigenvalue weighted by atomic mass is 9.97. The van der Waals surface area contributed by atoms with Crippen molar-refractivity contribution in [2.24, 2.45) is 0 Å². The number of carbonyl (C=O) groups excluding carboxylic acids is 1. The molecule has 2 aromatic carbocycles. The van der Waals surface area contributed by atoms with Gasteiger partial charge in [0.25, 0.3) is 5.91 Å². The number of nitrogens with zero attached hydrogens (tertiary/aromatic N) is 2. The maximum absolute atomic E-state index is 13.6. The Kier molecular flexibility index (Phi) is 5.12. The number of ether oxygens (including phenoxy) is 1. The second kappa shape index (κ2) is 7.94. The van der Waals surface area contributed by atoms with Crippen LogP contribution in [0.5, 0.6) is 0 Å². The summed E-state index contributed by atoms with van der Waals surface area (Å²) in [5.74, 6) is -0.0362. The normalized spacial score (nSPS) is 19.2. The van der Waals surface area contributed by atoms with Gasteiger partial charge in [-0.2, -0.15) is 0 Å².